The van der Waals surface area contributed by atoms with E-state index in [2.05, 4.69) is 15.3 Å². The van der Waals surface area contributed by atoms with E-state index in [0.29, 0.717) is 23.7 Å². The SMILES string of the molecule is COc1ccc(C)cc1N1CC(C(=O)Nc2ccnc(Sc3ccccn3)c2)CC1=O. The minimum Gasteiger partial charge on any atom is -0.495 e. The Labute approximate surface area is 184 Å². The Morgan fingerprint density at radius 2 is 1.97 bits per heavy atom. The molecule has 1 aliphatic heterocycles. The third-order valence-electron chi connectivity index (χ3n) is 4.97. The molecule has 2 aromatic heterocycles. The number of pyridine rings is 2. The zero-order valence-corrected chi connectivity index (χ0v) is 18.1. The van der Waals surface area contributed by atoms with Gasteiger partial charge < -0.3 is 15.0 Å². The first-order valence-corrected chi connectivity index (χ1v) is 10.7. The highest BCUT2D eigenvalue weighted by molar-refractivity contribution is 7.99. The van der Waals surface area contributed by atoms with Gasteiger partial charge in [0.15, 0.2) is 0 Å². The van der Waals surface area contributed by atoms with Gasteiger partial charge in [-0.2, -0.15) is 0 Å². The summed E-state index contributed by atoms with van der Waals surface area (Å²) in [6, 6.07) is 14.9. The van der Waals surface area contributed by atoms with Crippen molar-refractivity contribution in [1.29, 1.82) is 0 Å². The molecule has 1 aromatic carbocycles. The van der Waals surface area contributed by atoms with Gasteiger partial charge in [-0.05, 0) is 48.9 Å². The number of ether oxygens (including phenoxy) is 1. The molecule has 1 unspecified atom stereocenters. The van der Waals surface area contributed by atoms with Crippen LogP contribution in [0, 0.1) is 12.8 Å². The first kappa shape index (κ1) is 20.9. The van der Waals surface area contributed by atoms with Crippen LogP contribution in [0.25, 0.3) is 0 Å². The van der Waals surface area contributed by atoms with Crippen molar-refractivity contribution in [2.45, 2.75) is 23.4 Å². The number of amides is 2. The molecule has 0 bridgehead atoms. The molecule has 1 atom stereocenters. The topological polar surface area (TPSA) is 84.4 Å². The number of hydrogen-bond acceptors (Lipinski definition) is 6. The second kappa shape index (κ2) is 9.18. The summed E-state index contributed by atoms with van der Waals surface area (Å²) < 4.78 is 5.41. The number of aromatic nitrogens is 2. The number of nitrogens with zero attached hydrogens (tertiary/aromatic N) is 3. The molecule has 0 saturated carbocycles. The van der Waals surface area contributed by atoms with Crippen molar-refractivity contribution in [3.63, 3.8) is 0 Å². The van der Waals surface area contributed by atoms with Crippen LogP contribution in [0.1, 0.15) is 12.0 Å². The van der Waals surface area contributed by atoms with Crippen molar-refractivity contribution in [2.24, 2.45) is 5.92 Å². The smallest absolute Gasteiger partial charge is 0.229 e. The predicted molar refractivity (Wildman–Crippen MR) is 119 cm³/mol. The van der Waals surface area contributed by atoms with Crippen LogP contribution < -0.4 is 15.0 Å². The summed E-state index contributed by atoms with van der Waals surface area (Å²) in [7, 11) is 1.57. The summed E-state index contributed by atoms with van der Waals surface area (Å²) in [4.78, 5) is 35.7. The lowest BCUT2D eigenvalue weighted by Gasteiger charge is -2.20. The van der Waals surface area contributed by atoms with Crippen LogP contribution in [0.2, 0.25) is 0 Å². The lowest BCUT2D eigenvalue weighted by molar-refractivity contribution is -0.122. The summed E-state index contributed by atoms with van der Waals surface area (Å²) in [6.07, 6.45) is 3.52. The number of rotatable bonds is 6. The zero-order chi connectivity index (χ0) is 21.8. The van der Waals surface area contributed by atoms with Crippen LogP contribution >= 0.6 is 11.8 Å². The van der Waals surface area contributed by atoms with Gasteiger partial charge in [-0.15, -0.1) is 0 Å². The Balaban J connectivity index is 1.45. The molecule has 3 heterocycles. The normalized spacial score (nSPS) is 15.7. The minimum atomic E-state index is -0.447. The Morgan fingerprint density at radius 1 is 1.13 bits per heavy atom. The van der Waals surface area contributed by atoms with E-state index in [-0.39, 0.29) is 18.2 Å². The molecule has 1 saturated heterocycles. The fourth-order valence-electron chi connectivity index (χ4n) is 3.43. The molecule has 3 aromatic rings. The fourth-order valence-corrected chi connectivity index (χ4v) is 4.20. The fraction of sp³-hybridized carbons (Fsp3) is 0.217. The monoisotopic (exact) mass is 434 g/mol. The second-order valence-corrected chi connectivity index (χ2v) is 8.26. The summed E-state index contributed by atoms with van der Waals surface area (Å²) in [5.74, 6) is -0.115. The van der Waals surface area contributed by atoms with Crippen molar-refractivity contribution >= 4 is 35.0 Å². The average Bonchev–Trinajstić information content (AvgIpc) is 3.16. The number of anilines is 2. The third kappa shape index (κ3) is 4.86. The van der Waals surface area contributed by atoms with Gasteiger partial charge >= 0.3 is 0 Å². The van der Waals surface area contributed by atoms with Crippen molar-refractivity contribution < 1.29 is 14.3 Å². The third-order valence-corrected chi connectivity index (χ3v) is 5.85. The van der Waals surface area contributed by atoms with Gasteiger partial charge in [0.2, 0.25) is 11.8 Å². The Bertz CT molecular complexity index is 1110. The van der Waals surface area contributed by atoms with Gasteiger partial charge in [0.25, 0.3) is 0 Å². The number of methoxy groups -OCH3 is 1. The lowest BCUT2D eigenvalue weighted by atomic mass is 10.1. The highest BCUT2D eigenvalue weighted by atomic mass is 32.2. The van der Waals surface area contributed by atoms with E-state index < -0.39 is 5.92 Å². The number of carbonyl (C=O) groups excluding carboxylic acids is 2. The zero-order valence-electron chi connectivity index (χ0n) is 17.2. The largest absolute Gasteiger partial charge is 0.495 e. The average molecular weight is 435 g/mol. The summed E-state index contributed by atoms with van der Waals surface area (Å²) in [5.41, 5.74) is 2.35. The van der Waals surface area contributed by atoms with Crippen molar-refractivity contribution in [3.8, 4) is 5.75 Å². The predicted octanol–water partition coefficient (Wildman–Crippen LogP) is 3.94. The molecule has 0 aliphatic carbocycles. The van der Waals surface area contributed by atoms with E-state index in [9.17, 15) is 9.59 Å². The standard InChI is InChI=1S/C23H22N4O3S/c1-15-6-7-19(30-2)18(11-15)27-14-16(12-22(27)28)23(29)26-17-8-10-25-21(13-17)31-20-5-3-4-9-24-20/h3-11,13,16H,12,14H2,1-2H3,(H,25,26,29). The Morgan fingerprint density at radius 3 is 2.74 bits per heavy atom. The van der Waals surface area contributed by atoms with E-state index in [0.717, 1.165) is 15.6 Å². The number of nitrogens with one attached hydrogen (secondary N) is 1. The molecule has 158 valence electrons. The van der Waals surface area contributed by atoms with E-state index in [1.165, 1.54) is 11.8 Å². The van der Waals surface area contributed by atoms with Crippen molar-refractivity contribution in [2.75, 3.05) is 23.9 Å². The van der Waals surface area contributed by atoms with E-state index in [4.69, 9.17) is 4.74 Å². The number of hydrogen-bond donors (Lipinski definition) is 1. The van der Waals surface area contributed by atoms with E-state index >= 15 is 0 Å². The maximum atomic E-state index is 12.9. The number of benzene rings is 1. The summed E-state index contributed by atoms with van der Waals surface area (Å²) in [6.45, 7) is 2.27. The van der Waals surface area contributed by atoms with Crippen LogP contribution in [0.4, 0.5) is 11.4 Å². The highest BCUT2D eigenvalue weighted by Gasteiger charge is 2.36. The van der Waals surface area contributed by atoms with Crippen molar-refractivity contribution in [3.05, 3.63) is 66.5 Å². The quantitative estimate of drug-likeness (QED) is 0.633. The molecule has 4 rings (SSSR count). The van der Waals surface area contributed by atoms with Crippen molar-refractivity contribution in [1.82, 2.24) is 9.97 Å². The Hall–Kier alpha value is -3.39. The molecular weight excluding hydrogens is 412 g/mol. The molecule has 8 heteroatoms. The molecule has 2 amide bonds. The van der Waals surface area contributed by atoms with Crippen LogP contribution in [-0.4, -0.2) is 35.4 Å². The van der Waals surface area contributed by atoms with Gasteiger partial charge in [-0.3, -0.25) is 9.59 Å². The van der Waals surface area contributed by atoms with Gasteiger partial charge in [0.1, 0.15) is 15.8 Å². The number of aryl methyl sites for hydroxylation is 1. The van der Waals surface area contributed by atoms with Crippen LogP contribution in [-0.2, 0) is 9.59 Å². The van der Waals surface area contributed by atoms with Gasteiger partial charge in [0.05, 0.1) is 18.7 Å². The first-order valence-electron chi connectivity index (χ1n) is 9.84. The maximum absolute atomic E-state index is 12.9. The molecule has 1 N–H and O–H groups in total. The molecule has 31 heavy (non-hydrogen) atoms. The molecule has 0 spiro atoms. The first-order chi connectivity index (χ1) is 15.0. The second-order valence-electron chi connectivity index (χ2n) is 7.22. The van der Waals surface area contributed by atoms with Crippen LogP contribution in [0.3, 0.4) is 0 Å². The summed E-state index contributed by atoms with van der Waals surface area (Å²) in [5, 5.41) is 4.47. The van der Waals surface area contributed by atoms with Gasteiger partial charge in [0, 0.05) is 31.0 Å². The lowest BCUT2D eigenvalue weighted by Crippen LogP contribution is -2.28. The minimum absolute atomic E-state index is 0.0924. The van der Waals surface area contributed by atoms with Gasteiger partial charge in [-0.1, -0.05) is 23.9 Å². The maximum Gasteiger partial charge on any atom is 0.229 e. The van der Waals surface area contributed by atoms with Crippen LogP contribution in [0.5, 0.6) is 5.75 Å². The number of carbonyl (C=O) groups is 2. The summed E-state index contributed by atoms with van der Waals surface area (Å²) >= 11 is 1.41. The molecule has 0 radical (unpaired) electrons. The van der Waals surface area contributed by atoms with Gasteiger partial charge in [-0.25, -0.2) is 9.97 Å². The highest BCUT2D eigenvalue weighted by Crippen LogP contribution is 2.34. The molecule has 1 aliphatic rings. The molecule has 1 fully saturated rings. The van der Waals surface area contributed by atoms with E-state index in [1.54, 1.807) is 36.5 Å². The van der Waals surface area contributed by atoms with E-state index in [1.807, 2.05) is 43.3 Å². The Kier molecular flexibility index (Phi) is 6.18. The molecular formula is C23H22N4O3S. The van der Waals surface area contributed by atoms with Crippen LogP contribution in [0.15, 0.2) is 71.0 Å². The molecule has 7 nitrogen and oxygen atoms in total.